The summed E-state index contributed by atoms with van der Waals surface area (Å²) < 4.78 is 7.43. The number of ether oxygens (including phenoxy) is 1. The molecule has 0 saturated heterocycles. The van der Waals surface area contributed by atoms with Crippen LogP contribution in [0, 0.1) is 6.92 Å². The van der Waals surface area contributed by atoms with E-state index in [1.807, 2.05) is 103 Å². The highest BCUT2D eigenvalue weighted by molar-refractivity contribution is 5.98. The number of anilines is 1. The van der Waals surface area contributed by atoms with E-state index in [0.717, 1.165) is 40.9 Å². The van der Waals surface area contributed by atoms with Crippen LogP contribution < -0.4 is 10.6 Å². The average molecular weight is 495 g/mol. The van der Waals surface area contributed by atoms with E-state index >= 15 is 0 Å². The van der Waals surface area contributed by atoms with Crippen LogP contribution in [0.4, 0.5) is 10.5 Å². The molecule has 0 spiro atoms. The second-order valence-electron chi connectivity index (χ2n) is 9.38. The molecule has 1 unspecified atom stereocenters. The van der Waals surface area contributed by atoms with Gasteiger partial charge in [0.25, 0.3) is 0 Å². The number of nitrogens with zero attached hydrogens (tertiary/aromatic N) is 2. The minimum Gasteiger partial charge on any atom is -0.446 e. The van der Waals surface area contributed by atoms with Crippen molar-refractivity contribution in [2.45, 2.75) is 37.8 Å². The number of amides is 2. The third-order valence-electron chi connectivity index (χ3n) is 6.55. The summed E-state index contributed by atoms with van der Waals surface area (Å²) in [5.41, 5.74) is 5.44. The van der Waals surface area contributed by atoms with Gasteiger partial charge in [-0.05, 0) is 43.0 Å². The smallest absolute Gasteiger partial charge is 0.408 e. The topological polar surface area (TPSA) is 85.3 Å². The number of carbonyl (C=O) groups excluding carboxylic acids is 2. The molecule has 0 radical (unpaired) electrons. The molecular weight excluding hydrogens is 464 g/mol. The summed E-state index contributed by atoms with van der Waals surface area (Å²) in [6.07, 6.45) is 2.84. The van der Waals surface area contributed by atoms with E-state index in [4.69, 9.17) is 4.74 Å². The normalized spacial score (nSPS) is 13.7. The fourth-order valence-electron chi connectivity index (χ4n) is 4.59. The molecule has 0 bridgehead atoms. The van der Waals surface area contributed by atoms with Gasteiger partial charge in [-0.1, -0.05) is 72.8 Å². The Morgan fingerprint density at radius 2 is 1.51 bits per heavy atom. The third-order valence-corrected chi connectivity index (χ3v) is 6.55. The Morgan fingerprint density at radius 3 is 2.03 bits per heavy atom. The number of hydrogen-bond donors (Lipinski definition) is 2. The van der Waals surface area contributed by atoms with E-state index in [2.05, 4.69) is 15.6 Å². The molecule has 7 nitrogen and oxygen atoms in total. The molecule has 5 rings (SSSR count). The van der Waals surface area contributed by atoms with E-state index in [1.54, 1.807) is 6.33 Å². The molecule has 2 N–H and O–H groups in total. The van der Waals surface area contributed by atoms with Crippen LogP contribution in [0.25, 0.3) is 11.3 Å². The number of alkyl carbamates (subject to hydrolysis) is 1. The van der Waals surface area contributed by atoms with Crippen LogP contribution in [0.3, 0.4) is 0 Å². The number of carbonyl (C=O) groups is 2. The maximum atomic E-state index is 13.8. The zero-order chi connectivity index (χ0) is 25.8. The van der Waals surface area contributed by atoms with Crippen molar-refractivity contribution in [1.82, 2.24) is 14.9 Å². The molecule has 4 aromatic rings. The monoisotopic (exact) mass is 494 g/mol. The summed E-state index contributed by atoms with van der Waals surface area (Å²) >= 11 is 0. The molecule has 2 amide bonds. The van der Waals surface area contributed by atoms with Gasteiger partial charge < -0.3 is 19.9 Å². The van der Waals surface area contributed by atoms with Gasteiger partial charge in [0.2, 0.25) is 5.91 Å². The van der Waals surface area contributed by atoms with Crippen LogP contribution in [0.2, 0.25) is 0 Å². The number of nitrogens with one attached hydrogen (secondary N) is 2. The Labute approximate surface area is 216 Å². The van der Waals surface area contributed by atoms with Crippen molar-refractivity contribution < 1.29 is 14.3 Å². The SMILES string of the molecule is Cc1ncn(C)c1-c1ccc(NC(=O)C(NC(=O)OC2CC2)C(c2ccccc2)c2ccccc2)cc1. The van der Waals surface area contributed by atoms with Gasteiger partial charge in [-0.2, -0.15) is 0 Å². The number of aryl methyl sites for hydroxylation is 2. The van der Waals surface area contributed by atoms with E-state index < -0.39 is 18.1 Å². The minimum atomic E-state index is -0.893. The summed E-state index contributed by atoms with van der Waals surface area (Å²) in [5, 5.41) is 5.88. The van der Waals surface area contributed by atoms with Gasteiger partial charge in [-0.25, -0.2) is 9.78 Å². The van der Waals surface area contributed by atoms with Crippen LogP contribution in [0.15, 0.2) is 91.3 Å². The number of aromatic nitrogens is 2. The predicted octanol–water partition coefficient (Wildman–Crippen LogP) is 5.42. The summed E-state index contributed by atoms with van der Waals surface area (Å²) in [6.45, 7) is 1.97. The molecule has 7 heteroatoms. The largest absolute Gasteiger partial charge is 0.446 e. The Bertz CT molecular complexity index is 1300. The molecule has 1 heterocycles. The van der Waals surface area contributed by atoms with Crippen LogP contribution in [-0.2, 0) is 16.6 Å². The molecule has 3 aromatic carbocycles. The lowest BCUT2D eigenvalue weighted by Crippen LogP contribution is -2.48. The number of hydrogen-bond acceptors (Lipinski definition) is 4. The Hall–Kier alpha value is -4.39. The Balaban J connectivity index is 1.44. The van der Waals surface area contributed by atoms with E-state index in [9.17, 15) is 9.59 Å². The van der Waals surface area contributed by atoms with Crippen molar-refractivity contribution in [3.63, 3.8) is 0 Å². The van der Waals surface area contributed by atoms with Crippen molar-refractivity contribution in [3.8, 4) is 11.3 Å². The maximum Gasteiger partial charge on any atom is 0.408 e. The standard InChI is InChI=1S/C30H30N4O3/c1-20-28(34(2)19-31-20)23-13-15-24(16-14-23)32-29(35)27(33-30(36)37-25-17-18-25)26(21-9-5-3-6-10-21)22-11-7-4-8-12-22/h3-16,19,25-27H,17-18H2,1-2H3,(H,32,35)(H,33,36). The van der Waals surface area contributed by atoms with Crippen molar-refractivity contribution in [2.24, 2.45) is 7.05 Å². The molecule has 1 fully saturated rings. The Morgan fingerprint density at radius 1 is 0.919 bits per heavy atom. The van der Waals surface area contributed by atoms with E-state index in [0.29, 0.717) is 5.69 Å². The molecule has 1 aliphatic carbocycles. The second-order valence-corrected chi connectivity index (χ2v) is 9.38. The average Bonchev–Trinajstić information content (AvgIpc) is 3.66. The maximum absolute atomic E-state index is 13.8. The van der Waals surface area contributed by atoms with Gasteiger partial charge in [0.15, 0.2) is 0 Å². The predicted molar refractivity (Wildman–Crippen MR) is 143 cm³/mol. The molecular formula is C30H30N4O3. The van der Waals surface area contributed by atoms with Crippen LogP contribution in [-0.4, -0.2) is 33.7 Å². The summed E-state index contributed by atoms with van der Waals surface area (Å²) in [6, 6.07) is 26.2. The number of benzene rings is 3. The lowest BCUT2D eigenvalue weighted by molar-refractivity contribution is -0.118. The van der Waals surface area contributed by atoms with Crippen molar-refractivity contribution in [2.75, 3.05) is 5.32 Å². The lowest BCUT2D eigenvalue weighted by atomic mass is 9.84. The molecule has 1 atom stereocenters. The lowest BCUT2D eigenvalue weighted by Gasteiger charge is -2.28. The number of rotatable bonds is 8. The number of imidazole rings is 1. The van der Waals surface area contributed by atoms with Crippen LogP contribution in [0.1, 0.15) is 35.6 Å². The molecule has 1 saturated carbocycles. The van der Waals surface area contributed by atoms with Crippen LogP contribution >= 0.6 is 0 Å². The quantitative estimate of drug-likeness (QED) is 0.342. The summed E-state index contributed by atoms with van der Waals surface area (Å²) in [5.74, 6) is -0.736. The first-order chi connectivity index (χ1) is 18.0. The molecule has 1 aliphatic rings. The van der Waals surface area contributed by atoms with Crippen molar-refractivity contribution >= 4 is 17.7 Å². The summed E-state index contributed by atoms with van der Waals surface area (Å²) in [4.78, 5) is 30.9. The molecule has 0 aliphatic heterocycles. The summed E-state index contributed by atoms with van der Waals surface area (Å²) in [7, 11) is 1.95. The highest BCUT2D eigenvalue weighted by atomic mass is 16.6. The molecule has 37 heavy (non-hydrogen) atoms. The van der Waals surface area contributed by atoms with Gasteiger partial charge in [0, 0.05) is 24.2 Å². The van der Waals surface area contributed by atoms with Gasteiger partial charge >= 0.3 is 6.09 Å². The zero-order valence-corrected chi connectivity index (χ0v) is 20.9. The van der Waals surface area contributed by atoms with Gasteiger partial charge in [0.05, 0.1) is 17.7 Å². The Kier molecular flexibility index (Phi) is 7.03. The van der Waals surface area contributed by atoms with Gasteiger partial charge in [-0.3, -0.25) is 4.79 Å². The fourth-order valence-corrected chi connectivity index (χ4v) is 4.59. The minimum absolute atomic E-state index is 0.0707. The highest BCUT2D eigenvalue weighted by Crippen LogP contribution is 2.30. The zero-order valence-electron chi connectivity index (χ0n) is 20.9. The molecule has 188 valence electrons. The second kappa shape index (κ2) is 10.7. The molecule has 1 aromatic heterocycles. The third kappa shape index (κ3) is 5.72. The first-order valence-corrected chi connectivity index (χ1v) is 12.5. The fraction of sp³-hybridized carbons (Fsp3) is 0.233. The van der Waals surface area contributed by atoms with E-state index in [1.165, 1.54) is 0 Å². The van der Waals surface area contributed by atoms with E-state index in [-0.39, 0.29) is 12.0 Å². The first-order valence-electron chi connectivity index (χ1n) is 12.5. The van der Waals surface area contributed by atoms with Crippen LogP contribution in [0.5, 0.6) is 0 Å². The van der Waals surface area contributed by atoms with Gasteiger partial charge in [0.1, 0.15) is 12.1 Å². The highest BCUT2D eigenvalue weighted by Gasteiger charge is 2.35. The van der Waals surface area contributed by atoms with Gasteiger partial charge in [-0.15, -0.1) is 0 Å². The first kappa shape index (κ1) is 24.3. The van der Waals surface area contributed by atoms with Crippen molar-refractivity contribution in [3.05, 3.63) is 108 Å². The van der Waals surface area contributed by atoms with Crippen molar-refractivity contribution in [1.29, 1.82) is 0 Å².